The van der Waals surface area contributed by atoms with Crippen molar-refractivity contribution in [3.05, 3.63) is 66.0 Å². The third-order valence-electron chi connectivity index (χ3n) is 3.95. The Labute approximate surface area is 137 Å². The lowest BCUT2D eigenvalue weighted by molar-refractivity contribution is 0.0899. The molecule has 2 N–H and O–H groups in total. The van der Waals surface area contributed by atoms with E-state index in [4.69, 9.17) is 4.42 Å². The third-order valence-corrected chi connectivity index (χ3v) is 3.95. The lowest BCUT2D eigenvalue weighted by Gasteiger charge is -2.25. The van der Waals surface area contributed by atoms with Crippen LogP contribution in [0, 0.1) is 5.82 Å². The second-order valence-corrected chi connectivity index (χ2v) is 5.55. The van der Waals surface area contributed by atoms with Crippen molar-refractivity contribution in [1.29, 1.82) is 0 Å². The minimum Gasteiger partial charge on any atom is -0.468 e. The molecule has 0 saturated carbocycles. The van der Waals surface area contributed by atoms with Crippen molar-refractivity contribution >= 4 is 5.91 Å². The Bertz CT molecular complexity index is 855. The van der Waals surface area contributed by atoms with Crippen LogP contribution in [0.4, 0.5) is 4.39 Å². The first-order valence-electron chi connectivity index (χ1n) is 7.60. The van der Waals surface area contributed by atoms with E-state index in [0.29, 0.717) is 24.5 Å². The molecule has 0 unspecified atom stereocenters. The summed E-state index contributed by atoms with van der Waals surface area (Å²) in [6, 6.07) is 11.5. The van der Waals surface area contributed by atoms with Crippen LogP contribution in [0.1, 0.15) is 22.4 Å². The molecular formula is C17H15FN4O2. The number of carbonyl (C=O) groups is 1. The van der Waals surface area contributed by atoms with Crippen molar-refractivity contribution < 1.29 is 13.6 Å². The number of hydrogen-bond acceptors (Lipinski definition) is 4. The fourth-order valence-electron chi connectivity index (χ4n) is 2.72. The van der Waals surface area contributed by atoms with Gasteiger partial charge in [0.15, 0.2) is 0 Å². The summed E-state index contributed by atoms with van der Waals surface area (Å²) < 4.78 is 20.1. The number of rotatable bonds is 4. The fourth-order valence-corrected chi connectivity index (χ4v) is 2.72. The van der Waals surface area contributed by atoms with E-state index in [1.54, 1.807) is 29.1 Å². The molecule has 1 atom stereocenters. The Kier molecular flexibility index (Phi) is 3.62. The largest absolute Gasteiger partial charge is 0.468 e. The highest BCUT2D eigenvalue weighted by molar-refractivity contribution is 5.94. The molecule has 0 radical (unpaired) electrons. The van der Waals surface area contributed by atoms with Crippen LogP contribution >= 0.6 is 0 Å². The molecular weight excluding hydrogens is 311 g/mol. The van der Waals surface area contributed by atoms with E-state index in [-0.39, 0.29) is 17.9 Å². The van der Waals surface area contributed by atoms with E-state index >= 15 is 0 Å². The number of hydrogen-bond donors (Lipinski definition) is 2. The summed E-state index contributed by atoms with van der Waals surface area (Å²) in [6.45, 7) is 0.954. The van der Waals surface area contributed by atoms with Crippen LogP contribution in [0.2, 0.25) is 0 Å². The Balaban J connectivity index is 1.62. The lowest BCUT2D eigenvalue weighted by Crippen LogP contribution is -2.45. The molecule has 0 spiro atoms. The Morgan fingerprint density at radius 1 is 1.33 bits per heavy atom. The van der Waals surface area contributed by atoms with E-state index in [1.807, 2.05) is 12.1 Å². The van der Waals surface area contributed by atoms with Crippen molar-refractivity contribution in [2.45, 2.75) is 12.7 Å². The summed E-state index contributed by atoms with van der Waals surface area (Å²) >= 11 is 0. The van der Waals surface area contributed by atoms with Crippen LogP contribution in [0.5, 0.6) is 0 Å². The van der Waals surface area contributed by atoms with Crippen LogP contribution < -0.4 is 10.6 Å². The van der Waals surface area contributed by atoms with Gasteiger partial charge in [0.05, 0.1) is 25.0 Å². The first-order valence-corrected chi connectivity index (χ1v) is 7.60. The zero-order valence-corrected chi connectivity index (χ0v) is 12.7. The number of nitrogens with one attached hydrogen (secondary N) is 2. The smallest absolute Gasteiger partial charge is 0.269 e. The topological polar surface area (TPSA) is 72.1 Å². The molecule has 6 nitrogen and oxygen atoms in total. The molecule has 1 aliphatic heterocycles. The summed E-state index contributed by atoms with van der Waals surface area (Å²) in [5.74, 6) is 0.324. The van der Waals surface area contributed by atoms with E-state index in [2.05, 4.69) is 15.7 Å². The third kappa shape index (κ3) is 2.69. The predicted octanol–water partition coefficient (Wildman–Crippen LogP) is 2.31. The van der Waals surface area contributed by atoms with Gasteiger partial charge in [-0.2, -0.15) is 5.10 Å². The van der Waals surface area contributed by atoms with Crippen LogP contribution in [-0.4, -0.2) is 22.2 Å². The quantitative estimate of drug-likeness (QED) is 0.772. The van der Waals surface area contributed by atoms with Gasteiger partial charge in [0.25, 0.3) is 5.91 Å². The second kappa shape index (κ2) is 5.93. The first-order chi connectivity index (χ1) is 11.7. The second-order valence-electron chi connectivity index (χ2n) is 5.55. The van der Waals surface area contributed by atoms with Gasteiger partial charge < -0.3 is 9.73 Å². The molecule has 0 aliphatic carbocycles. The molecule has 1 aliphatic rings. The minimum atomic E-state index is -0.307. The highest BCUT2D eigenvalue weighted by Gasteiger charge is 2.27. The molecule has 24 heavy (non-hydrogen) atoms. The van der Waals surface area contributed by atoms with Gasteiger partial charge in [0.1, 0.15) is 23.4 Å². The molecule has 2 aromatic heterocycles. The predicted molar refractivity (Wildman–Crippen MR) is 84.5 cm³/mol. The van der Waals surface area contributed by atoms with Gasteiger partial charge in [0, 0.05) is 5.56 Å². The van der Waals surface area contributed by atoms with E-state index in [0.717, 1.165) is 11.3 Å². The number of furan rings is 1. The number of aromatic nitrogens is 2. The van der Waals surface area contributed by atoms with Gasteiger partial charge in [-0.1, -0.05) is 0 Å². The molecule has 0 saturated heterocycles. The van der Waals surface area contributed by atoms with Gasteiger partial charge in [-0.15, -0.1) is 0 Å². The average Bonchev–Trinajstić information content (AvgIpc) is 3.25. The minimum absolute atomic E-state index is 0.174. The monoisotopic (exact) mass is 326 g/mol. The van der Waals surface area contributed by atoms with Gasteiger partial charge in [-0.05, 0) is 42.5 Å². The Hall–Kier alpha value is -2.93. The summed E-state index contributed by atoms with van der Waals surface area (Å²) in [5, 5.41) is 10.7. The normalized spacial score (nSPS) is 16.7. The number of carbonyl (C=O) groups excluding carboxylic acids is 1. The van der Waals surface area contributed by atoms with Crippen LogP contribution in [0.3, 0.4) is 0 Å². The van der Waals surface area contributed by atoms with Crippen molar-refractivity contribution in [3.63, 3.8) is 0 Å². The van der Waals surface area contributed by atoms with E-state index in [9.17, 15) is 9.18 Å². The van der Waals surface area contributed by atoms with E-state index in [1.165, 1.54) is 12.1 Å². The number of halogens is 1. The number of amides is 1. The van der Waals surface area contributed by atoms with Crippen molar-refractivity contribution in [1.82, 2.24) is 20.4 Å². The summed E-state index contributed by atoms with van der Waals surface area (Å²) in [4.78, 5) is 12.1. The van der Waals surface area contributed by atoms with Crippen LogP contribution in [-0.2, 0) is 6.54 Å². The summed E-state index contributed by atoms with van der Waals surface area (Å²) in [5.41, 5.74) is 1.86. The standard InChI is InChI=1S/C17H15FN4O2/c18-12-5-3-11(4-6-12)14-8-15-17(23)20-10-16(22(15)21-14)19-9-13-2-1-7-24-13/h1-8,16,19H,9-10H2,(H,20,23)/t16-/m1/s1. The zero-order valence-electron chi connectivity index (χ0n) is 12.7. The highest BCUT2D eigenvalue weighted by Crippen LogP contribution is 2.23. The Morgan fingerprint density at radius 2 is 2.17 bits per heavy atom. The van der Waals surface area contributed by atoms with Crippen molar-refractivity contribution in [2.24, 2.45) is 0 Å². The molecule has 0 bridgehead atoms. The summed E-state index contributed by atoms with van der Waals surface area (Å²) in [6.07, 6.45) is 1.43. The molecule has 1 amide bonds. The van der Waals surface area contributed by atoms with Gasteiger partial charge in [0.2, 0.25) is 0 Å². The van der Waals surface area contributed by atoms with Gasteiger partial charge in [-0.25, -0.2) is 9.07 Å². The van der Waals surface area contributed by atoms with Crippen molar-refractivity contribution in [3.8, 4) is 11.3 Å². The van der Waals surface area contributed by atoms with Crippen LogP contribution in [0.25, 0.3) is 11.3 Å². The maximum absolute atomic E-state index is 13.1. The average molecular weight is 326 g/mol. The Morgan fingerprint density at radius 3 is 2.92 bits per heavy atom. The number of nitrogens with zero attached hydrogens (tertiary/aromatic N) is 2. The number of benzene rings is 1. The SMILES string of the molecule is O=C1NC[C@H](NCc2ccco2)n2nc(-c3ccc(F)cc3)cc21. The van der Waals surface area contributed by atoms with Crippen LogP contribution in [0.15, 0.2) is 53.1 Å². The highest BCUT2D eigenvalue weighted by atomic mass is 19.1. The molecule has 0 fully saturated rings. The maximum Gasteiger partial charge on any atom is 0.269 e. The first kappa shape index (κ1) is 14.6. The lowest BCUT2D eigenvalue weighted by atomic mass is 10.1. The van der Waals surface area contributed by atoms with E-state index < -0.39 is 0 Å². The van der Waals surface area contributed by atoms with Crippen molar-refractivity contribution in [2.75, 3.05) is 6.54 Å². The van der Waals surface area contributed by atoms with Gasteiger partial charge >= 0.3 is 0 Å². The molecule has 7 heteroatoms. The fraction of sp³-hybridized carbons (Fsp3) is 0.176. The maximum atomic E-state index is 13.1. The zero-order chi connectivity index (χ0) is 16.5. The summed E-state index contributed by atoms with van der Waals surface area (Å²) in [7, 11) is 0. The molecule has 4 rings (SSSR count). The molecule has 3 heterocycles. The molecule has 3 aromatic rings. The molecule has 1 aromatic carbocycles. The van der Waals surface area contributed by atoms with Gasteiger partial charge in [-0.3, -0.25) is 10.1 Å². The molecule has 122 valence electrons. The number of fused-ring (bicyclic) bond motifs is 1.